The molecule has 0 amide bonds. The highest BCUT2D eigenvalue weighted by atomic mass is 16.5. The summed E-state index contributed by atoms with van der Waals surface area (Å²) in [7, 11) is 0. The topological polar surface area (TPSA) is 84.8 Å². The molecule has 0 bridgehead atoms. The second-order valence-corrected chi connectivity index (χ2v) is 2.16. The van der Waals surface area contributed by atoms with Crippen molar-refractivity contribution in [3.63, 3.8) is 0 Å². The Hall–Kier alpha value is -2.09. The van der Waals surface area contributed by atoms with Crippen LogP contribution in [0.25, 0.3) is 0 Å². The fraction of sp³-hybridized carbons (Fsp3) is 0.125. The molecule has 1 aromatic heterocycles. The Labute approximate surface area is 75.5 Å². The number of hydrogen-bond donors (Lipinski definition) is 1. The molecule has 66 valence electrons. The van der Waals surface area contributed by atoms with Gasteiger partial charge in [0.25, 0.3) is 5.88 Å². The van der Waals surface area contributed by atoms with E-state index in [1.54, 1.807) is 6.08 Å². The van der Waals surface area contributed by atoms with Crippen molar-refractivity contribution in [1.29, 1.82) is 5.26 Å². The molecule has 1 aromatic rings. The monoisotopic (exact) mass is 176 g/mol. The minimum absolute atomic E-state index is 0.121. The van der Waals surface area contributed by atoms with Crippen molar-refractivity contribution in [3.05, 3.63) is 24.5 Å². The van der Waals surface area contributed by atoms with Crippen LogP contribution >= 0.6 is 0 Å². The molecule has 0 saturated carbocycles. The Morgan fingerprint density at radius 3 is 3.15 bits per heavy atom. The van der Waals surface area contributed by atoms with Crippen molar-refractivity contribution in [3.8, 4) is 11.9 Å². The first kappa shape index (κ1) is 9.00. The molecule has 0 aliphatic rings. The summed E-state index contributed by atoms with van der Waals surface area (Å²) in [6.45, 7) is 3.74. The number of nitriles is 1. The zero-order valence-electron chi connectivity index (χ0n) is 6.90. The molecule has 5 nitrogen and oxygen atoms in total. The Kier molecular flexibility index (Phi) is 2.82. The van der Waals surface area contributed by atoms with Crippen molar-refractivity contribution < 1.29 is 4.74 Å². The number of anilines is 1. The lowest BCUT2D eigenvalue weighted by Crippen LogP contribution is -2.02. The molecule has 0 radical (unpaired) electrons. The lowest BCUT2D eigenvalue weighted by atomic mass is 10.4. The van der Waals surface area contributed by atoms with Crippen LogP contribution in [0.2, 0.25) is 0 Å². The Morgan fingerprint density at radius 1 is 1.77 bits per heavy atom. The van der Waals surface area contributed by atoms with Gasteiger partial charge in [-0.05, 0) is 0 Å². The van der Waals surface area contributed by atoms with Gasteiger partial charge in [0.2, 0.25) is 5.69 Å². The molecule has 5 heteroatoms. The van der Waals surface area contributed by atoms with Crippen LogP contribution in [-0.2, 0) is 0 Å². The van der Waals surface area contributed by atoms with Gasteiger partial charge in [-0.2, -0.15) is 10.2 Å². The number of nitrogen functional groups attached to an aromatic ring is 1. The maximum absolute atomic E-state index is 8.61. The van der Waals surface area contributed by atoms with Gasteiger partial charge in [0.05, 0.1) is 6.20 Å². The van der Waals surface area contributed by atoms with Gasteiger partial charge >= 0.3 is 0 Å². The number of ether oxygens (including phenoxy) is 1. The zero-order valence-corrected chi connectivity index (χ0v) is 6.90. The molecule has 0 aromatic carbocycles. The van der Waals surface area contributed by atoms with E-state index in [0.29, 0.717) is 0 Å². The Bertz CT molecular complexity index is 356. The lowest BCUT2D eigenvalue weighted by molar-refractivity contribution is 0.346. The first-order valence-electron chi connectivity index (χ1n) is 3.54. The molecule has 13 heavy (non-hydrogen) atoms. The minimum atomic E-state index is 0.121. The first-order chi connectivity index (χ1) is 6.27. The van der Waals surface area contributed by atoms with E-state index in [0.717, 1.165) is 0 Å². The van der Waals surface area contributed by atoms with Crippen LogP contribution < -0.4 is 10.5 Å². The van der Waals surface area contributed by atoms with Gasteiger partial charge in [-0.3, -0.25) is 0 Å². The second-order valence-electron chi connectivity index (χ2n) is 2.16. The number of nitrogens with two attached hydrogens (primary N) is 1. The van der Waals surface area contributed by atoms with Gasteiger partial charge in [-0.15, -0.1) is 0 Å². The van der Waals surface area contributed by atoms with Crippen LogP contribution in [0.5, 0.6) is 5.88 Å². The van der Waals surface area contributed by atoms with Gasteiger partial charge in [0.1, 0.15) is 18.5 Å². The van der Waals surface area contributed by atoms with Gasteiger partial charge in [0, 0.05) is 0 Å². The smallest absolute Gasteiger partial charge is 0.253 e. The summed E-state index contributed by atoms with van der Waals surface area (Å²) in [5, 5.41) is 8.61. The van der Waals surface area contributed by atoms with Crippen LogP contribution in [0.3, 0.4) is 0 Å². The third-order valence-corrected chi connectivity index (χ3v) is 1.20. The van der Waals surface area contributed by atoms with Crippen molar-refractivity contribution in [1.82, 2.24) is 9.97 Å². The van der Waals surface area contributed by atoms with E-state index in [1.807, 2.05) is 6.07 Å². The average molecular weight is 176 g/mol. The van der Waals surface area contributed by atoms with Crippen LogP contribution in [0, 0.1) is 11.3 Å². The van der Waals surface area contributed by atoms with Crippen LogP contribution in [0.1, 0.15) is 5.69 Å². The van der Waals surface area contributed by atoms with Crippen LogP contribution in [0.15, 0.2) is 18.9 Å². The van der Waals surface area contributed by atoms with Crippen molar-refractivity contribution in [2.45, 2.75) is 0 Å². The van der Waals surface area contributed by atoms with E-state index in [-0.39, 0.29) is 24.0 Å². The predicted molar refractivity (Wildman–Crippen MR) is 46.9 cm³/mol. The quantitative estimate of drug-likeness (QED) is 0.677. The van der Waals surface area contributed by atoms with Gasteiger partial charge < -0.3 is 10.5 Å². The summed E-state index contributed by atoms with van der Waals surface area (Å²) < 4.78 is 5.06. The van der Waals surface area contributed by atoms with E-state index in [9.17, 15) is 0 Å². The number of hydrogen-bond acceptors (Lipinski definition) is 5. The largest absolute Gasteiger partial charge is 0.471 e. The fourth-order valence-electron chi connectivity index (χ4n) is 0.700. The fourth-order valence-corrected chi connectivity index (χ4v) is 0.700. The molecular formula is C8H8N4O. The SMILES string of the molecule is C=CCOc1nc(N)cnc1C#N. The molecule has 0 atom stereocenters. The van der Waals surface area contributed by atoms with Crippen molar-refractivity contribution in [2.24, 2.45) is 0 Å². The highest BCUT2D eigenvalue weighted by Gasteiger charge is 2.05. The summed E-state index contributed by atoms with van der Waals surface area (Å²) in [5.41, 5.74) is 5.49. The number of rotatable bonds is 3. The summed E-state index contributed by atoms with van der Waals surface area (Å²) in [6.07, 6.45) is 2.85. The number of nitrogens with zero attached hydrogens (tertiary/aromatic N) is 3. The second kappa shape index (κ2) is 4.07. The molecule has 0 spiro atoms. The van der Waals surface area contributed by atoms with Crippen molar-refractivity contribution >= 4 is 5.82 Å². The maximum atomic E-state index is 8.61. The van der Waals surface area contributed by atoms with Gasteiger partial charge in [-0.25, -0.2) is 4.98 Å². The van der Waals surface area contributed by atoms with E-state index < -0.39 is 0 Å². The Balaban J connectivity index is 2.95. The number of aromatic nitrogens is 2. The molecule has 0 unspecified atom stereocenters. The van der Waals surface area contributed by atoms with Gasteiger partial charge in [-0.1, -0.05) is 12.7 Å². The van der Waals surface area contributed by atoms with Gasteiger partial charge in [0.15, 0.2) is 0 Å². The normalized spacial score (nSPS) is 8.85. The van der Waals surface area contributed by atoms with Crippen LogP contribution in [0.4, 0.5) is 5.82 Å². The third-order valence-electron chi connectivity index (χ3n) is 1.20. The summed E-state index contributed by atoms with van der Waals surface area (Å²) in [5.74, 6) is 0.362. The molecule has 2 N–H and O–H groups in total. The molecule has 0 fully saturated rings. The van der Waals surface area contributed by atoms with E-state index >= 15 is 0 Å². The first-order valence-corrected chi connectivity index (χ1v) is 3.54. The molecule has 0 aliphatic heterocycles. The zero-order chi connectivity index (χ0) is 9.68. The molecule has 0 saturated heterocycles. The molecule has 1 rings (SSSR count). The molecule has 1 heterocycles. The average Bonchev–Trinajstić information content (AvgIpc) is 2.15. The standard InChI is InChI=1S/C8H8N4O/c1-2-3-13-8-6(4-9)11-5-7(10)12-8/h2,5H,1,3H2,(H2,10,12). The van der Waals surface area contributed by atoms with E-state index in [2.05, 4.69) is 16.5 Å². The third kappa shape index (κ3) is 2.17. The minimum Gasteiger partial charge on any atom is -0.471 e. The van der Waals surface area contributed by atoms with Crippen LogP contribution in [-0.4, -0.2) is 16.6 Å². The lowest BCUT2D eigenvalue weighted by Gasteiger charge is -2.02. The highest BCUT2D eigenvalue weighted by Crippen LogP contribution is 2.12. The molecular weight excluding hydrogens is 168 g/mol. The highest BCUT2D eigenvalue weighted by molar-refractivity contribution is 5.37. The summed E-state index contributed by atoms with van der Waals surface area (Å²) >= 11 is 0. The summed E-state index contributed by atoms with van der Waals surface area (Å²) in [4.78, 5) is 7.55. The maximum Gasteiger partial charge on any atom is 0.253 e. The van der Waals surface area contributed by atoms with E-state index in [4.69, 9.17) is 15.7 Å². The molecule has 0 aliphatic carbocycles. The predicted octanol–water partition coefficient (Wildman–Crippen LogP) is 0.495. The van der Waals surface area contributed by atoms with Crippen molar-refractivity contribution in [2.75, 3.05) is 12.3 Å². The van der Waals surface area contributed by atoms with E-state index in [1.165, 1.54) is 6.20 Å². The Morgan fingerprint density at radius 2 is 2.54 bits per heavy atom. The summed E-state index contributed by atoms with van der Waals surface area (Å²) in [6, 6.07) is 1.84.